The molecule has 0 unspecified atom stereocenters. The zero-order valence-corrected chi connectivity index (χ0v) is 14.5. The van der Waals surface area contributed by atoms with Crippen LogP contribution in [-0.2, 0) is 16.4 Å². The van der Waals surface area contributed by atoms with Crippen molar-refractivity contribution in [3.63, 3.8) is 0 Å². The van der Waals surface area contributed by atoms with Gasteiger partial charge in [-0.15, -0.1) is 0 Å². The van der Waals surface area contributed by atoms with Crippen molar-refractivity contribution in [2.24, 2.45) is 0 Å². The molecule has 0 amide bonds. The lowest BCUT2D eigenvalue weighted by Gasteiger charge is -2.13. The fourth-order valence-electron chi connectivity index (χ4n) is 2.12. The van der Waals surface area contributed by atoms with E-state index in [2.05, 4.69) is 11.7 Å². The zero-order valence-electron chi connectivity index (χ0n) is 13.7. The monoisotopic (exact) mass is 388 g/mol. The van der Waals surface area contributed by atoms with Crippen LogP contribution in [-0.4, -0.2) is 37.2 Å². The first-order valence-electron chi connectivity index (χ1n) is 7.24. The van der Waals surface area contributed by atoms with Gasteiger partial charge in [0.1, 0.15) is 13.2 Å². The number of ether oxygens (including phenoxy) is 1. The number of benzene rings is 1. The Morgan fingerprint density at radius 1 is 1.27 bits per heavy atom. The molecule has 0 aliphatic rings. The van der Waals surface area contributed by atoms with Crippen molar-refractivity contribution in [3.05, 3.63) is 53.5 Å². The van der Waals surface area contributed by atoms with E-state index in [1.54, 1.807) is 0 Å². The highest BCUT2D eigenvalue weighted by Gasteiger charge is 2.30. The van der Waals surface area contributed by atoms with Crippen LogP contribution in [0.4, 0.5) is 13.2 Å². The summed E-state index contributed by atoms with van der Waals surface area (Å²) >= 11 is 0. The topological polar surface area (TPSA) is 78.3 Å². The van der Waals surface area contributed by atoms with Gasteiger partial charge in [0, 0.05) is 11.8 Å². The van der Waals surface area contributed by atoms with Gasteiger partial charge in [0.2, 0.25) is 0 Å². The quantitative estimate of drug-likeness (QED) is 0.711. The molecule has 10 heteroatoms. The van der Waals surface area contributed by atoms with E-state index in [1.165, 1.54) is 30.3 Å². The number of nitrogens with zero attached hydrogens (tertiary/aromatic N) is 2. The maximum absolute atomic E-state index is 12.6. The molecule has 0 N–H and O–H groups in total. The van der Waals surface area contributed by atoms with Gasteiger partial charge in [0.25, 0.3) is 0 Å². The molecule has 0 saturated heterocycles. The molecular weight excluding hydrogens is 373 g/mol. The Bertz CT molecular complexity index is 964. The lowest BCUT2D eigenvalue weighted by Crippen LogP contribution is -2.31. The molecule has 0 atom stereocenters. The van der Waals surface area contributed by atoms with E-state index >= 15 is 0 Å². The molecule has 6 nitrogen and oxygen atoms in total. The van der Waals surface area contributed by atoms with Crippen molar-refractivity contribution in [2.75, 3.05) is 12.9 Å². The summed E-state index contributed by atoms with van der Waals surface area (Å²) < 4.78 is 66.2. The van der Waals surface area contributed by atoms with E-state index in [0.29, 0.717) is 5.56 Å². The lowest BCUT2D eigenvalue weighted by molar-refractivity contribution is -0.143. The predicted molar refractivity (Wildman–Crippen MR) is 88.8 cm³/mol. The van der Waals surface area contributed by atoms with Gasteiger partial charge in [-0.1, -0.05) is 24.8 Å². The third-order valence-corrected chi connectivity index (χ3v) is 4.40. The summed E-state index contributed by atoms with van der Waals surface area (Å²) in [7, 11) is -3.41. The molecule has 2 rings (SSSR count). The third-order valence-electron chi connectivity index (χ3n) is 3.27. The molecule has 0 saturated carbocycles. The molecular formula is C16H15F3N2O4S. The van der Waals surface area contributed by atoms with E-state index in [9.17, 15) is 26.4 Å². The Morgan fingerprint density at radius 3 is 2.38 bits per heavy atom. The minimum atomic E-state index is -4.62. The van der Waals surface area contributed by atoms with Crippen LogP contribution < -0.4 is 10.3 Å². The smallest absolute Gasteiger partial charge is 0.408 e. The van der Waals surface area contributed by atoms with Crippen molar-refractivity contribution >= 4 is 9.84 Å². The van der Waals surface area contributed by atoms with Crippen molar-refractivity contribution < 1.29 is 26.3 Å². The van der Waals surface area contributed by atoms with E-state index in [-0.39, 0.29) is 27.5 Å². The van der Waals surface area contributed by atoms with Crippen molar-refractivity contribution in [1.82, 2.24) is 9.78 Å². The summed E-state index contributed by atoms with van der Waals surface area (Å²) in [6, 6.07) is 5.48. The van der Waals surface area contributed by atoms with Crippen LogP contribution >= 0.6 is 0 Å². The summed E-state index contributed by atoms with van der Waals surface area (Å²) in [4.78, 5) is 12.4. The predicted octanol–water partition coefficient (Wildman–Crippen LogP) is 2.44. The first-order chi connectivity index (χ1) is 12.0. The molecule has 1 aromatic carbocycles. The first-order valence-corrected chi connectivity index (χ1v) is 9.13. The normalized spacial score (nSPS) is 12.0. The molecule has 26 heavy (non-hydrogen) atoms. The van der Waals surface area contributed by atoms with Gasteiger partial charge in [0.05, 0.1) is 11.1 Å². The average Bonchev–Trinajstić information content (AvgIpc) is 2.53. The van der Waals surface area contributed by atoms with Gasteiger partial charge in [-0.2, -0.15) is 18.3 Å². The molecule has 0 aliphatic heterocycles. The van der Waals surface area contributed by atoms with E-state index in [4.69, 9.17) is 4.74 Å². The summed E-state index contributed by atoms with van der Waals surface area (Å²) in [5.74, 6) is -0.323. The molecule has 0 radical (unpaired) electrons. The second kappa shape index (κ2) is 7.32. The fraction of sp³-hybridized carbons (Fsp3) is 0.250. The number of halogens is 3. The summed E-state index contributed by atoms with van der Waals surface area (Å²) in [5.41, 5.74) is -0.524. The Labute approximate surface area is 147 Å². The van der Waals surface area contributed by atoms with Crippen LogP contribution in [0.2, 0.25) is 0 Å². The van der Waals surface area contributed by atoms with Crippen LogP contribution in [0.15, 0.2) is 52.8 Å². The van der Waals surface area contributed by atoms with Crippen LogP contribution in [0.25, 0.3) is 11.1 Å². The molecule has 1 heterocycles. The van der Waals surface area contributed by atoms with Gasteiger partial charge in [0.15, 0.2) is 15.6 Å². The first kappa shape index (κ1) is 19.7. The Balaban J connectivity index is 2.55. The highest BCUT2D eigenvalue weighted by molar-refractivity contribution is 7.90. The van der Waals surface area contributed by atoms with Crippen molar-refractivity contribution in [1.29, 1.82) is 0 Å². The van der Waals surface area contributed by atoms with Crippen LogP contribution in [0.3, 0.4) is 0 Å². The van der Waals surface area contributed by atoms with Gasteiger partial charge in [-0.05, 0) is 17.7 Å². The minimum absolute atomic E-state index is 0.0631. The van der Waals surface area contributed by atoms with Crippen LogP contribution in [0, 0.1) is 0 Å². The Morgan fingerprint density at radius 2 is 1.88 bits per heavy atom. The SMILES string of the molecule is C=CCOc1c(-c2ccc(S(C)(=O)=O)cc2)cnn(CC(F)(F)F)c1=O. The van der Waals surface area contributed by atoms with Gasteiger partial charge < -0.3 is 4.74 Å². The minimum Gasteiger partial charge on any atom is -0.483 e. The summed E-state index contributed by atoms with van der Waals surface area (Å²) in [5, 5.41) is 3.54. The molecule has 140 valence electrons. The molecule has 1 aromatic heterocycles. The molecule has 2 aromatic rings. The highest BCUT2D eigenvalue weighted by Crippen LogP contribution is 2.28. The zero-order chi connectivity index (χ0) is 19.5. The second-order valence-corrected chi connectivity index (χ2v) is 7.38. The van der Waals surface area contributed by atoms with E-state index in [1.807, 2.05) is 0 Å². The van der Waals surface area contributed by atoms with Gasteiger partial charge >= 0.3 is 11.7 Å². The molecule has 0 aliphatic carbocycles. The molecule has 0 fully saturated rings. The number of rotatable bonds is 6. The standard InChI is InChI=1S/C16H15F3N2O4S/c1-3-8-25-14-13(9-20-21(15(14)22)10-16(17,18)19)11-4-6-12(7-5-11)26(2,23)24/h3-7,9H,1,8,10H2,2H3. The maximum atomic E-state index is 12.6. The van der Waals surface area contributed by atoms with Crippen LogP contribution in [0.5, 0.6) is 5.75 Å². The largest absolute Gasteiger partial charge is 0.483 e. The average molecular weight is 388 g/mol. The number of sulfone groups is 1. The van der Waals surface area contributed by atoms with E-state index in [0.717, 1.165) is 12.5 Å². The highest BCUT2D eigenvalue weighted by atomic mass is 32.2. The fourth-order valence-corrected chi connectivity index (χ4v) is 2.75. The third kappa shape index (κ3) is 4.72. The Kier molecular flexibility index (Phi) is 5.55. The second-order valence-electron chi connectivity index (χ2n) is 5.36. The van der Waals surface area contributed by atoms with Gasteiger partial charge in [-0.3, -0.25) is 4.79 Å². The summed E-state index contributed by atoms with van der Waals surface area (Å²) in [6.07, 6.45) is -1.17. The number of hydrogen-bond acceptors (Lipinski definition) is 5. The number of aromatic nitrogens is 2. The number of alkyl halides is 3. The summed E-state index contributed by atoms with van der Waals surface area (Å²) in [6.45, 7) is 1.78. The number of hydrogen-bond donors (Lipinski definition) is 0. The van der Waals surface area contributed by atoms with Crippen molar-refractivity contribution in [2.45, 2.75) is 17.6 Å². The molecule has 0 bridgehead atoms. The van der Waals surface area contributed by atoms with Crippen molar-refractivity contribution in [3.8, 4) is 16.9 Å². The maximum Gasteiger partial charge on any atom is 0.408 e. The van der Waals surface area contributed by atoms with E-state index < -0.39 is 28.1 Å². The lowest BCUT2D eigenvalue weighted by atomic mass is 10.1. The molecule has 0 spiro atoms. The van der Waals surface area contributed by atoms with Crippen LogP contribution in [0.1, 0.15) is 0 Å². The Hall–Kier alpha value is -2.62. The van der Waals surface area contributed by atoms with Gasteiger partial charge in [-0.25, -0.2) is 13.1 Å².